The second-order valence-electron chi connectivity index (χ2n) is 7.28. The van der Waals surface area contributed by atoms with Gasteiger partial charge in [-0.15, -0.1) is 11.6 Å². The van der Waals surface area contributed by atoms with Crippen molar-refractivity contribution in [2.75, 3.05) is 23.9 Å². The van der Waals surface area contributed by atoms with Crippen molar-refractivity contribution in [3.8, 4) is 5.69 Å². The summed E-state index contributed by atoms with van der Waals surface area (Å²) in [5.74, 6) is 0.118. The molecule has 1 atom stereocenters. The molecule has 7 heteroatoms. The Balaban J connectivity index is 1.76. The highest BCUT2D eigenvalue weighted by Crippen LogP contribution is 2.42. The standard InChI is InChI=1S/C23H24ClN3O3/c1-2-3-12-25(21(28)15-24)16-22(29)27-18-9-5-4-8-17(18)26-13-6-10-19(26)23(27)20-11-7-14-30-20/h4-11,13-14,23H,2-3,12,15-16H2,1H3. The Morgan fingerprint density at radius 3 is 2.60 bits per heavy atom. The van der Waals surface area contributed by atoms with Crippen LogP contribution in [0.15, 0.2) is 65.4 Å². The molecular formula is C23H24ClN3O3. The van der Waals surface area contributed by atoms with Gasteiger partial charge in [-0.25, -0.2) is 0 Å². The van der Waals surface area contributed by atoms with E-state index in [9.17, 15) is 9.59 Å². The molecule has 0 spiro atoms. The van der Waals surface area contributed by atoms with E-state index in [2.05, 4.69) is 4.57 Å². The SMILES string of the molecule is CCCCN(CC(=O)N1c2ccccc2-n2cccc2C1c1ccco1)C(=O)CCl. The number of para-hydroxylation sites is 2. The molecule has 3 aromatic rings. The van der Waals surface area contributed by atoms with Crippen LogP contribution in [0.1, 0.15) is 37.3 Å². The number of benzene rings is 1. The van der Waals surface area contributed by atoms with Crippen LogP contribution in [-0.2, 0) is 9.59 Å². The van der Waals surface area contributed by atoms with E-state index in [1.54, 1.807) is 16.1 Å². The van der Waals surface area contributed by atoms with Crippen LogP contribution in [0, 0.1) is 0 Å². The summed E-state index contributed by atoms with van der Waals surface area (Å²) >= 11 is 5.80. The number of halogens is 1. The lowest BCUT2D eigenvalue weighted by molar-refractivity contribution is -0.133. The molecule has 0 fully saturated rings. The molecule has 4 rings (SSSR count). The second-order valence-corrected chi connectivity index (χ2v) is 7.54. The zero-order valence-electron chi connectivity index (χ0n) is 16.8. The summed E-state index contributed by atoms with van der Waals surface area (Å²) in [7, 11) is 0. The molecule has 0 radical (unpaired) electrons. The minimum absolute atomic E-state index is 0.0300. The van der Waals surface area contributed by atoms with Crippen LogP contribution in [-0.4, -0.2) is 40.3 Å². The number of alkyl halides is 1. The first kappa shape index (κ1) is 20.3. The van der Waals surface area contributed by atoms with Crippen LogP contribution in [0.25, 0.3) is 5.69 Å². The van der Waals surface area contributed by atoms with Crippen molar-refractivity contribution in [2.45, 2.75) is 25.8 Å². The van der Waals surface area contributed by atoms with Crippen molar-refractivity contribution >= 4 is 29.1 Å². The van der Waals surface area contributed by atoms with E-state index in [0.29, 0.717) is 12.3 Å². The Morgan fingerprint density at radius 1 is 1.10 bits per heavy atom. The van der Waals surface area contributed by atoms with Gasteiger partial charge in [0.05, 0.1) is 23.3 Å². The highest BCUT2D eigenvalue weighted by atomic mass is 35.5. The summed E-state index contributed by atoms with van der Waals surface area (Å²) in [5.41, 5.74) is 2.62. The lowest BCUT2D eigenvalue weighted by atomic mass is 10.0. The van der Waals surface area contributed by atoms with Crippen LogP contribution in [0.4, 0.5) is 5.69 Å². The smallest absolute Gasteiger partial charge is 0.247 e. The zero-order valence-corrected chi connectivity index (χ0v) is 17.6. The maximum absolute atomic E-state index is 13.6. The van der Waals surface area contributed by atoms with E-state index in [1.165, 1.54) is 0 Å². The van der Waals surface area contributed by atoms with E-state index in [4.69, 9.17) is 16.0 Å². The summed E-state index contributed by atoms with van der Waals surface area (Å²) in [5, 5.41) is 0. The molecule has 30 heavy (non-hydrogen) atoms. The Bertz CT molecular complexity index is 1030. The highest BCUT2D eigenvalue weighted by molar-refractivity contribution is 6.27. The van der Waals surface area contributed by atoms with Crippen LogP contribution in [0.2, 0.25) is 0 Å². The third-order valence-corrected chi connectivity index (χ3v) is 5.60. The average molecular weight is 426 g/mol. The van der Waals surface area contributed by atoms with E-state index in [-0.39, 0.29) is 24.2 Å². The van der Waals surface area contributed by atoms with Gasteiger partial charge >= 0.3 is 0 Å². The molecule has 3 heterocycles. The lowest BCUT2D eigenvalue weighted by Crippen LogP contribution is -2.47. The van der Waals surface area contributed by atoms with E-state index in [1.807, 2.05) is 61.7 Å². The van der Waals surface area contributed by atoms with Crippen molar-refractivity contribution in [3.63, 3.8) is 0 Å². The fraction of sp³-hybridized carbons (Fsp3) is 0.304. The number of aromatic nitrogens is 1. The predicted molar refractivity (Wildman–Crippen MR) is 116 cm³/mol. The highest BCUT2D eigenvalue weighted by Gasteiger charge is 2.38. The number of hydrogen-bond acceptors (Lipinski definition) is 3. The van der Waals surface area contributed by atoms with Crippen LogP contribution >= 0.6 is 11.6 Å². The minimum atomic E-state index is -0.420. The first-order chi connectivity index (χ1) is 14.7. The molecule has 0 N–H and O–H groups in total. The number of hydrogen-bond donors (Lipinski definition) is 0. The third-order valence-electron chi connectivity index (χ3n) is 5.38. The largest absolute Gasteiger partial charge is 0.467 e. The molecule has 0 bridgehead atoms. The first-order valence-corrected chi connectivity index (χ1v) is 10.6. The van der Waals surface area contributed by atoms with Crippen LogP contribution < -0.4 is 4.90 Å². The number of nitrogens with zero attached hydrogens (tertiary/aromatic N) is 3. The number of amides is 2. The Labute approximate surface area is 180 Å². The van der Waals surface area contributed by atoms with Crippen molar-refractivity contribution in [1.82, 2.24) is 9.47 Å². The number of carbonyl (C=O) groups excluding carboxylic acids is 2. The van der Waals surface area contributed by atoms with Gasteiger partial charge in [-0.1, -0.05) is 25.5 Å². The number of fused-ring (bicyclic) bond motifs is 3. The molecular weight excluding hydrogens is 402 g/mol. The molecule has 0 saturated carbocycles. The third kappa shape index (κ3) is 3.63. The van der Waals surface area contributed by atoms with Gasteiger partial charge in [0, 0.05) is 12.7 Å². The lowest BCUT2D eigenvalue weighted by Gasteiger charge is -2.38. The van der Waals surface area contributed by atoms with E-state index in [0.717, 1.165) is 29.9 Å². The van der Waals surface area contributed by atoms with Gasteiger partial charge in [0.15, 0.2) is 0 Å². The van der Waals surface area contributed by atoms with Crippen LogP contribution in [0.3, 0.4) is 0 Å². The summed E-state index contributed by atoms with van der Waals surface area (Å²) < 4.78 is 7.80. The fourth-order valence-electron chi connectivity index (χ4n) is 3.94. The number of unbranched alkanes of at least 4 members (excludes halogenated alkanes) is 1. The number of anilines is 1. The zero-order chi connectivity index (χ0) is 21.1. The van der Waals surface area contributed by atoms with E-state index >= 15 is 0 Å². The van der Waals surface area contributed by atoms with Gasteiger partial charge in [0.1, 0.15) is 24.2 Å². The first-order valence-electron chi connectivity index (χ1n) is 10.1. The Morgan fingerprint density at radius 2 is 1.90 bits per heavy atom. The fourth-order valence-corrected chi connectivity index (χ4v) is 4.11. The van der Waals surface area contributed by atoms with Gasteiger partial charge < -0.3 is 13.9 Å². The van der Waals surface area contributed by atoms with Crippen molar-refractivity contribution in [1.29, 1.82) is 0 Å². The summed E-state index contributed by atoms with van der Waals surface area (Å²) in [6.45, 7) is 2.52. The molecule has 0 aliphatic carbocycles. The normalized spacial score (nSPS) is 14.9. The number of furan rings is 1. The molecule has 1 aliphatic rings. The Kier molecular flexibility index (Phi) is 5.95. The molecule has 156 valence electrons. The maximum atomic E-state index is 13.6. The second kappa shape index (κ2) is 8.79. The molecule has 1 aromatic carbocycles. The van der Waals surface area contributed by atoms with Gasteiger partial charge in [0.2, 0.25) is 11.8 Å². The average Bonchev–Trinajstić information content (AvgIpc) is 3.47. The quantitative estimate of drug-likeness (QED) is 0.528. The summed E-state index contributed by atoms with van der Waals surface area (Å²) in [6, 6.07) is 15.0. The molecule has 1 aliphatic heterocycles. The predicted octanol–water partition coefficient (Wildman–Crippen LogP) is 4.37. The van der Waals surface area contributed by atoms with Gasteiger partial charge in [-0.2, -0.15) is 0 Å². The number of carbonyl (C=O) groups is 2. The van der Waals surface area contributed by atoms with E-state index < -0.39 is 6.04 Å². The van der Waals surface area contributed by atoms with Gasteiger partial charge in [-0.05, 0) is 42.8 Å². The monoisotopic (exact) mass is 425 g/mol. The number of rotatable bonds is 7. The van der Waals surface area contributed by atoms with Crippen molar-refractivity contribution in [3.05, 3.63) is 72.4 Å². The minimum Gasteiger partial charge on any atom is -0.467 e. The topological polar surface area (TPSA) is 58.7 Å². The van der Waals surface area contributed by atoms with Gasteiger partial charge in [0.25, 0.3) is 0 Å². The molecule has 0 saturated heterocycles. The van der Waals surface area contributed by atoms with Crippen molar-refractivity contribution < 1.29 is 14.0 Å². The van der Waals surface area contributed by atoms with Crippen LogP contribution in [0.5, 0.6) is 0 Å². The maximum Gasteiger partial charge on any atom is 0.247 e. The summed E-state index contributed by atoms with van der Waals surface area (Å²) in [4.78, 5) is 29.3. The molecule has 1 unspecified atom stereocenters. The molecule has 2 aromatic heterocycles. The summed E-state index contributed by atoms with van der Waals surface area (Å²) in [6.07, 6.45) is 5.33. The van der Waals surface area contributed by atoms with Gasteiger partial charge in [-0.3, -0.25) is 14.5 Å². The molecule has 2 amide bonds. The van der Waals surface area contributed by atoms with Crippen molar-refractivity contribution in [2.24, 2.45) is 0 Å². The Hall–Kier alpha value is -2.99. The molecule has 6 nitrogen and oxygen atoms in total.